The van der Waals surface area contributed by atoms with Gasteiger partial charge in [-0.05, 0) is 17.7 Å². The van der Waals surface area contributed by atoms with Crippen molar-refractivity contribution in [2.45, 2.75) is 18.7 Å². The lowest BCUT2D eigenvalue weighted by atomic mass is 10.2. The minimum absolute atomic E-state index is 0.0689. The van der Waals surface area contributed by atoms with E-state index in [4.69, 9.17) is 9.26 Å². The van der Waals surface area contributed by atoms with Crippen molar-refractivity contribution in [3.8, 4) is 0 Å². The van der Waals surface area contributed by atoms with E-state index >= 15 is 0 Å². The lowest BCUT2D eigenvalue weighted by molar-refractivity contribution is 0.0895. The molecule has 2 fully saturated rings. The largest absolute Gasteiger partial charge is 0.358 e. The van der Waals surface area contributed by atoms with Crippen LogP contribution < -0.4 is 16.1 Å². The summed E-state index contributed by atoms with van der Waals surface area (Å²) in [5.74, 6) is -0.00221. The van der Waals surface area contributed by atoms with Crippen molar-refractivity contribution in [2.24, 2.45) is 0 Å². The van der Waals surface area contributed by atoms with Gasteiger partial charge in [0.05, 0.1) is 12.8 Å². The van der Waals surface area contributed by atoms with Gasteiger partial charge in [-0.1, -0.05) is 17.3 Å². The molecule has 138 valence electrons. The Morgan fingerprint density at radius 1 is 1.38 bits per heavy atom. The molecule has 0 spiro atoms. The van der Waals surface area contributed by atoms with E-state index in [1.807, 2.05) is 11.1 Å². The molecule has 4 rings (SSSR count). The average Bonchev–Trinajstić information content (AvgIpc) is 3.36. The summed E-state index contributed by atoms with van der Waals surface area (Å²) in [6.45, 7) is 2.87. The van der Waals surface area contributed by atoms with Gasteiger partial charge in [0, 0.05) is 32.2 Å². The highest BCUT2D eigenvalue weighted by atomic mass is 19.1. The molecule has 2 atom stereocenters. The Hall–Kier alpha value is -2.33. The van der Waals surface area contributed by atoms with E-state index in [-0.39, 0.29) is 29.6 Å². The summed E-state index contributed by atoms with van der Waals surface area (Å²) in [5.41, 5.74) is 4.31. The van der Waals surface area contributed by atoms with E-state index in [1.165, 1.54) is 12.1 Å². The summed E-state index contributed by atoms with van der Waals surface area (Å²) in [6, 6.07) is 8.02. The fourth-order valence-electron chi connectivity index (χ4n) is 3.11. The number of ether oxygens (including phenoxy) is 1. The standard InChI is InChI=1S/C17H20FN5O3/c18-12-3-1-2-11(4-12)8-23-9-13(6-20-23)21-17(24)14-5-15(26-22-14)16-7-19-10-25-16/h1-5,13,16,19-20H,6-10H2,(H,21,24). The predicted molar refractivity (Wildman–Crippen MR) is 89.3 cm³/mol. The highest BCUT2D eigenvalue weighted by Gasteiger charge is 2.27. The molecular formula is C17H20FN5O3. The first kappa shape index (κ1) is 17.1. The van der Waals surface area contributed by atoms with Crippen LogP contribution in [0, 0.1) is 5.82 Å². The summed E-state index contributed by atoms with van der Waals surface area (Å²) in [7, 11) is 0. The molecule has 0 saturated carbocycles. The second-order valence-electron chi connectivity index (χ2n) is 6.41. The Bertz CT molecular complexity index is 777. The maximum Gasteiger partial charge on any atom is 0.273 e. The fraction of sp³-hybridized carbons (Fsp3) is 0.412. The van der Waals surface area contributed by atoms with Crippen LogP contribution in [0.4, 0.5) is 4.39 Å². The molecule has 2 aromatic rings. The number of amides is 1. The van der Waals surface area contributed by atoms with Crippen molar-refractivity contribution in [3.63, 3.8) is 0 Å². The van der Waals surface area contributed by atoms with Crippen molar-refractivity contribution in [2.75, 3.05) is 26.4 Å². The summed E-state index contributed by atoms with van der Waals surface area (Å²) < 4.78 is 23.9. The van der Waals surface area contributed by atoms with Crippen LogP contribution in [0.1, 0.15) is 27.9 Å². The molecule has 3 heterocycles. The van der Waals surface area contributed by atoms with Gasteiger partial charge in [0.1, 0.15) is 11.9 Å². The molecule has 2 unspecified atom stereocenters. The maximum absolute atomic E-state index is 13.3. The number of carbonyl (C=O) groups is 1. The zero-order valence-corrected chi connectivity index (χ0v) is 14.1. The quantitative estimate of drug-likeness (QED) is 0.716. The van der Waals surface area contributed by atoms with E-state index in [2.05, 4.69) is 21.2 Å². The first-order chi connectivity index (χ1) is 12.7. The number of hydrogen-bond donors (Lipinski definition) is 3. The Morgan fingerprint density at radius 2 is 2.31 bits per heavy atom. The van der Waals surface area contributed by atoms with Crippen LogP contribution in [0.25, 0.3) is 0 Å². The lowest BCUT2D eigenvalue weighted by Gasteiger charge is -2.15. The predicted octanol–water partition coefficient (Wildman–Crippen LogP) is 0.551. The summed E-state index contributed by atoms with van der Waals surface area (Å²) in [4.78, 5) is 12.4. The Kier molecular flexibility index (Phi) is 4.93. The number of nitrogens with one attached hydrogen (secondary N) is 3. The van der Waals surface area contributed by atoms with Gasteiger partial charge in [-0.25, -0.2) is 9.40 Å². The zero-order valence-electron chi connectivity index (χ0n) is 14.1. The van der Waals surface area contributed by atoms with Crippen LogP contribution in [-0.2, 0) is 11.3 Å². The third-order valence-corrected chi connectivity index (χ3v) is 4.39. The normalized spacial score (nSPS) is 23.4. The molecule has 2 aliphatic rings. The van der Waals surface area contributed by atoms with Gasteiger partial charge in [0.25, 0.3) is 5.91 Å². The molecule has 8 nitrogen and oxygen atoms in total. The third kappa shape index (κ3) is 3.91. The number of halogens is 1. The molecule has 3 N–H and O–H groups in total. The molecule has 1 aromatic carbocycles. The first-order valence-electron chi connectivity index (χ1n) is 8.50. The van der Waals surface area contributed by atoms with Gasteiger partial charge in [-0.15, -0.1) is 0 Å². The Labute approximate surface area is 149 Å². The van der Waals surface area contributed by atoms with Crippen LogP contribution in [-0.4, -0.2) is 48.5 Å². The molecular weight excluding hydrogens is 341 g/mol. The van der Waals surface area contributed by atoms with Gasteiger partial charge >= 0.3 is 0 Å². The minimum Gasteiger partial charge on any atom is -0.358 e. The number of carbonyl (C=O) groups excluding carboxylic acids is 1. The van der Waals surface area contributed by atoms with Gasteiger partial charge in [0.15, 0.2) is 11.5 Å². The number of benzene rings is 1. The summed E-state index contributed by atoms with van der Waals surface area (Å²) in [5, 5.41) is 11.8. The van der Waals surface area contributed by atoms with E-state index < -0.39 is 0 Å². The average molecular weight is 361 g/mol. The van der Waals surface area contributed by atoms with Crippen molar-refractivity contribution in [1.82, 2.24) is 26.2 Å². The Balaban J connectivity index is 1.30. The van der Waals surface area contributed by atoms with Crippen LogP contribution in [0.15, 0.2) is 34.9 Å². The van der Waals surface area contributed by atoms with Gasteiger partial charge in [-0.2, -0.15) is 0 Å². The monoisotopic (exact) mass is 361 g/mol. The van der Waals surface area contributed by atoms with Crippen LogP contribution >= 0.6 is 0 Å². The molecule has 2 aliphatic heterocycles. The number of nitrogens with zero attached hydrogens (tertiary/aromatic N) is 2. The van der Waals surface area contributed by atoms with E-state index in [0.717, 1.165) is 5.56 Å². The number of hydrazine groups is 1. The van der Waals surface area contributed by atoms with Crippen LogP contribution in [0.5, 0.6) is 0 Å². The van der Waals surface area contributed by atoms with Gasteiger partial charge in [0.2, 0.25) is 0 Å². The SMILES string of the molecule is O=C(NC1CNN(Cc2cccc(F)c2)C1)c1cc(C2CNCO2)on1. The second kappa shape index (κ2) is 7.50. The Morgan fingerprint density at radius 3 is 3.12 bits per heavy atom. The highest BCUT2D eigenvalue weighted by molar-refractivity contribution is 5.92. The van der Waals surface area contributed by atoms with E-state index in [0.29, 0.717) is 38.7 Å². The van der Waals surface area contributed by atoms with Crippen molar-refractivity contribution in [3.05, 3.63) is 53.2 Å². The second-order valence-corrected chi connectivity index (χ2v) is 6.41. The van der Waals surface area contributed by atoms with Crippen molar-refractivity contribution < 1.29 is 18.4 Å². The van der Waals surface area contributed by atoms with Gasteiger partial charge in [-0.3, -0.25) is 15.5 Å². The van der Waals surface area contributed by atoms with Gasteiger partial charge < -0.3 is 14.6 Å². The molecule has 26 heavy (non-hydrogen) atoms. The molecule has 0 aliphatic carbocycles. The smallest absolute Gasteiger partial charge is 0.273 e. The minimum atomic E-state index is -0.287. The molecule has 1 amide bonds. The van der Waals surface area contributed by atoms with E-state index in [1.54, 1.807) is 12.1 Å². The number of aromatic nitrogens is 1. The molecule has 1 aromatic heterocycles. The van der Waals surface area contributed by atoms with Crippen LogP contribution in [0.3, 0.4) is 0 Å². The highest BCUT2D eigenvalue weighted by Crippen LogP contribution is 2.20. The maximum atomic E-state index is 13.3. The van der Waals surface area contributed by atoms with Crippen LogP contribution in [0.2, 0.25) is 0 Å². The molecule has 2 saturated heterocycles. The number of hydrogen-bond acceptors (Lipinski definition) is 7. The summed E-state index contributed by atoms with van der Waals surface area (Å²) in [6.07, 6.45) is -0.209. The lowest BCUT2D eigenvalue weighted by Crippen LogP contribution is -2.38. The molecule has 9 heteroatoms. The zero-order chi connectivity index (χ0) is 17.9. The first-order valence-corrected chi connectivity index (χ1v) is 8.50. The third-order valence-electron chi connectivity index (χ3n) is 4.39. The fourth-order valence-corrected chi connectivity index (χ4v) is 3.11. The van der Waals surface area contributed by atoms with E-state index in [9.17, 15) is 9.18 Å². The van der Waals surface area contributed by atoms with Crippen molar-refractivity contribution in [1.29, 1.82) is 0 Å². The molecule has 0 radical (unpaired) electrons. The topological polar surface area (TPSA) is 91.7 Å². The summed E-state index contributed by atoms with van der Waals surface area (Å²) >= 11 is 0. The van der Waals surface area contributed by atoms with Crippen molar-refractivity contribution >= 4 is 5.91 Å². The molecule has 0 bridgehead atoms. The number of rotatable bonds is 5.